The van der Waals surface area contributed by atoms with Crippen molar-refractivity contribution in [2.45, 2.75) is 13.8 Å². The van der Waals surface area contributed by atoms with E-state index in [2.05, 4.69) is 18.1 Å². The smallest absolute Gasteiger partial charge is 0.271 e. The zero-order valence-corrected chi connectivity index (χ0v) is 20.3. The molecule has 0 unspecified atom stereocenters. The molecule has 0 atom stereocenters. The fourth-order valence-electron chi connectivity index (χ4n) is 4.18. The van der Waals surface area contributed by atoms with Crippen LogP contribution in [0.3, 0.4) is 0 Å². The van der Waals surface area contributed by atoms with Crippen LogP contribution in [0.1, 0.15) is 16.7 Å². The molecule has 1 fully saturated rings. The second kappa shape index (κ2) is 9.47. The van der Waals surface area contributed by atoms with Gasteiger partial charge in [0.05, 0.1) is 28.5 Å². The molecule has 2 aromatic carbocycles. The number of rotatable bonds is 7. The van der Waals surface area contributed by atoms with E-state index in [-0.39, 0.29) is 11.8 Å². The van der Waals surface area contributed by atoms with Gasteiger partial charge in [0.2, 0.25) is 0 Å². The monoisotopic (exact) mass is 475 g/mol. The van der Waals surface area contributed by atoms with Crippen LogP contribution >= 0.6 is 24.0 Å². The number of hydrogen-bond donors (Lipinski definition) is 0. The highest BCUT2D eigenvalue weighted by Crippen LogP contribution is 2.46. The second-order valence-electron chi connectivity index (χ2n) is 8.01. The fraction of sp³-hybridized carbons (Fsp3) is 0.192. The molecule has 2 amide bonds. The van der Waals surface area contributed by atoms with Crippen molar-refractivity contribution >= 4 is 57.1 Å². The summed E-state index contributed by atoms with van der Waals surface area (Å²) in [5.74, 6) is -0.457. The summed E-state index contributed by atoms with van der Waals surface area (Å²) in [4.78, 5) is 32.9. The number of anilines is 2. The van der Waals surface area contributed by atoms with Gasteiger partial charge in [-0.3, -0.25) is 24.3 Å². The van der Waals surface area contributed by atoms with E-state index in [1.54, 1.807) is 17.1 Å². The molecular weight excluding hydrogens is 450 g/mol. The summed E-state index contributed by atoms with van der Waals surface area (Å²) in [6.07, 6.45) is 3.60. The number of carbonyl (C=O) groups excluding carboxylic acids is 2. The van der Waals surface area contributed by atoms with E-state index in [9.17, 15) is 9.59 Å². The normalized spacial score (nSPS) is 17.8. The Morgan fingerprint density at radius 3 is 2.36 bits per heavy atom. The largest absolute Gasteiger partial charge is 0.294 e. The van der Waals surface area contributed by atoms with Crippen LogP contribution in [0.25, 0.3) is 5.57 Å². The average molecular weight is 476 g/mol. The summed E-state index contributed by atoms with van der Waals surface area (Å²) in [6.45, 7) is 13.2. The Morgan fingerprint density at radius 1 is 1.00 bits per heavy atom. The van der Waals surface area contributed by atoms with Crippen molar-refractivity contribution < 1.29 is 9.59 Å². The quantitative estimate of drug-likeness (QED) is 0.318. The van der Waals surface area contributed by atoms with Crippen molar-refractivity contribution in [1.29, 1.82) is 0 Å². The summed E-state index contributed by atoms with van der Waals surface area (Å²) in [5.41, 5.74) is 4.76. The Kier molecular flexibility index (Phi) is 6.65. The molecule has 2 aliphatic rings. The first kappa shape index (κ1) is 23.2. The van der Waals surface area contributed by atoms with Gasteiger partial charge in [0.1, 0.15) is 0 Å². The lowest BCUT2D eigenvalue weighted by Crippen LogP contribution is -2.40. The van der Waals surface area contributed by atoms with Crippen LogP contribution in [0.15, 0.2) is 72.7 Å². The summed E-state index contributed by atoms with van der Waals surface area (Å²) in [7, 11) is 0. The van der Waals surface area contributed by atoms with Crippen LogP contribution in [-0.4, -0.2) is 40.8 Å². The van der Waals surface area contributed by atoms with Crippen LogP contribution in [0.4, 0.5) is 11.4 Å². The van der Waals surface area contributed by atoms with Gasteiger partial charge >= 0.3 is 0 Å². The summed E-state index contributed by atoms with van der Waals surface area (Å²) < 4.78 is 0.429. The number of carbonyl (C=O) groups is 2. The van der Waals surface area contributed by atoms with Gasteiger partial charge in [0.25, 0.3) is 11.8 Å². The highest BCUT2D eigenvalue weighted by atomic mass is 32.2. The number of benzene rings is 2. The Bertz CT molecular complexity index is 1210. The minimum Gasteiger partial charge on any atom is -0.294 e. The molecule has 168 valence electrons. The highest BCUT2D eigenvalue weighted by Gasteiger charge is 2.43. The first-order valence-corrected chi connectivity index (χ1v) is 11.8. The molecule has 0 N–H and O–H groups in total. The van der Waals surface area contributed by atoms with E-state index in [1.165, 1.54) is 16.7 Å². The third-order valence-corrected chi connectivity index (χ3v) is 7.00. The fourth-order valence-corrected chi connectivity index (χ4v) is 5.53. The number of amides is 2. The lowest BCUT2D eigenvalue weighted by Gasteiger charge is -2.26. The molecule has 1 saturated heterocycles. The van der Waals surface area contributed by atoms with Crippen molar-refractivity contribution in [3.63, 3.8) is 0 Å². The van der Waals surface area contributed by atoms with E-state index < -0.39 is 0 Å². The lowest BCUT2D eigenvalue weighted by atomic mass is 10.1. The topological polar surface area (TPSA) is 43.9 Å². The Hall–Kier alpha value is -3.00. The lowest BCUT2D eigenvalue weighted by molar-refractivity contribution is -0.115. The zero-order chi connectivity index (χ0) is 23.7. The van der Waals surface area contributed by atoms with E-state index in [1.807, 2.05) is 56.3 Å². The molecule has 5 nitrogen and oxygen atoms in total. The predicted molar refractivity (Wildman–Crippen MR) is 141 cm³/mol. The molecule has 0 saturated carbocycles. The minimum atomic E-state index is -0.258. The van der Waals surface area contributed by atoms with Crippen LogP contribution < -0.4 is 9.80 Å². The Labute approximate surface area is 204 Å². The third-order valence-electron chi connectivity index (χ3n) is 5.63. The van der Waals surface area contributed by atoms with Gasteiger partial charge in [-0.25, -0.2) is 0 Å². The maximum absolute atomic E-state index is 13.7. The van der Waals surface area contributed by atoms with Gasteiger partial charge in [0.15, 0.2) is 4.32 Å². The number of fused-ring (bicyclic) bond motifs is 1. The van der Waals surface area contributed by atoms with E-state index in [4.69, 9.17) is 12.2 Å². The van der Waals surface area contributed by atoms with Gasteiger partial charge in [-0.05, 0) is 31.5 Å². The average Bonchev–Trinajstić information content (AvgIpc) is 3.21. The first-order valence-electron chi connectivity index (χ1n) is 10.6. The van der Waals surface area contributed by atoms with Gasteiger partial charge in [-0.15, -0.1) is 13.2 Å². The molecule has 0 radical (unpaired) electrons. The van der Waals surface area contributed by atoms with Gasteiger partial charge < -0.3 is 0 Å². The van der Waals surface area contributed by atoms with Crippen LogP contribution in [0, 0.1) is 13.8 Å². The van der Waals surface area contributed by atoms with Crippen molar-refractivity contribution in [2.75, 3.05) is 29.6 Å². The predicted octanol–water partition coefficient (Wildman–Crippen LogP) is 5.06. The van der Waals surface area contributed by atoms with Crippen molar-refractivity contribution in [1.82, 2.24) is 4.90 Å². The van der Waals surface area contributed by atoms with E-state index in [0.29, 0.717) is 34.6 Å². The van der Waals surface area contributed by atoms with Crippen LogP contribution in [-0.2, 0) is 9.59 Å². The maximum Gasteiger partial charge on any atom is 0.271 e. The third kappa shape index (κ3) is 4.19. The number of para-hydroxylation sites is 1. The molecule has 7 heteroatoms. The van der Waals surface area contributed by atoms with Gasteiger partial charge in [-0.2, -0.15) is 0 Å². The number of aryl methyl sites for hydroxylation is 2. The molecule has 0 aliphatic carbocycles. The van der Waals surface area contributed by atoms with Crippen molar-refractivity contribution in [3.8, 4) is 0 Å². The zero-order valence-electron chi connectivity index (χ0n) is 18.7. The van der Waals surface area contributed by atoms with Crippen molar-refractivity contribution in [3.05, 3.63) is 89.4 Å². The van der Waals surface area contributed by atoms with Crippen molar-refractivity contribution in [2.24, 2.45) is 0 Å². The van der Waals surface area contributed by atoms with Crippen LogP contribution in [0.5, 0.6) is 0 Å². The van der Waals surface area contributed by atoms with E-state index >= 15 is 0 Å². The minimum absolute atomic E-state index is 0.199. The first-order chi connectivity index (χ1) is 15.9. The maximum atomic E-state index is 13.7. The number of thioether (sulfide) groups is 1. The molecular formula is C26H25N3O2S2. The molecule has 2 heterocycles. The molecule has 2 aliphatic heterocycles. The molecule has 0 bridgehead atoms. The second-order valence-corrected chi connectivity index (χ2v) is 9.65. The molecule has 0 spiro atoms. The summed E-state index contributed by atoms with van der Waals surface area (Å²) >= 11 is 6.78. The van der Waals surface area contributed by atoms with E-state index in [0.717, 1.165) is 28.1 Å². The van der Waals surface area contributed by atoms with Gasteiger partial charge in [0, 0.05) is 18.7 Å². The number of hydrogen-bond acceptors (Lipinski definition) is 5. The summed E-state index contributed by atoms with van der Waals surface area (Å²) in [5, 5.41) is 0. The molecule has 4 rings (SSSR count). The molecule has 0 aromatic heterocycles. The molecule has 33 heavy (non-hydrogen) atoms. The SMILES string of the molecule is C=CCN(CC=C)CN1C(=O)/C(=C2\SC(=S)N(c3ccc(C)cc3C)C2=O)c2ccccc21. The highest BCUT2D eigenvalue weighted by molar-refractivity contribution is 8.27. The standard InChI is InChI=1S/C26H25N3O2S2/c1-5-13-27(14-6-2)16-28-21-10-8-7-9-19(21)22(24(28)30)23-25(31)29(26(32)33-23)20-12-11-17(3)15-18(20)4/h5-12,15H,1-2,13-14,16H2,3-4H3/b23-22-. The number of nitrogens with zero attached hydrogens (tertiary/aromatic N) is 3. The van der Waals surface area contributed by atoms with Gasteiger partial charge in [-0.1, -0.05) is 72.0 Å². The Balaban J connectivity index is 1.76. The number of thiocarbonyl (C=S) groups is 1. The summed E-state index contributed by atoms with van der Waals surface area (Å²) in [6, 6.07) is 13.5. The molecule has 2 aromatic rings. The Morgan fingerprint density at radius 2 is 1.70 bits per heavy atom. The van der Waals surface area contributed by atoms with Crippen LogP contribution in [0.2, 0.25) is 0 Å².